The number of benzene rings is 1. The van der Waals surface area contributed by atoms with E-state index in [1.54, 1.807) is 40.3 Å². The molecule has 1 aliphatic rings. The van der Waals surface area contributed by atoms with Crippen LogP contribution in [0.3, 0.4) is 0 Å². The molecular formula is C23H28FN7O2. The van der Waals surface area contributed by atoms with Gasteiger partial charge in [-0.2, -0.15) is 5.10 Å². The largest absolute Gasteiger partial charge is 0.372 e. The summed E-state index contributed by atoms with van der Waals surface area (Å²) in [5, 5.41) is 10.0. The Labute approximate surface area is 192 Å². The predicted octanol–water partition coefficient (Wildman–Crippen LogP) is 3.39. The number of rotatable bonds is 7. The highest BCUT2D eigenvalue weighted by Gasteiger charge is 2.31. The van der Waals surface area contributed by atoms with Gasteiger partial charge in [0.15, 0.2) is 0 Å². The molecule has 0 unspecified atom stereocenters. The van der Waals surface area contributed by atoms with E-state index in [0.717, 1.165) is 11.3 Å². The predicted molar refractivity (Wildman–Crippen MR) is 122 cm³/mol. The lowest BCUT2D eigenvalue weighted by Crippen LogP contribution is -2.58. The summed E-state index contributed by atoms with van der Waals surface area (Å²) in [5.41, 5.74) is 3.14. The van der Waals surface area contributed by atoms with E-state index in [4.69, 9.17) is 4.74 Å². The first-order valence-electron chi connectivity index (χ1n) is 10.8. The molecule has 0 atom stereocenters. The molecule has 2 amide bonds. The highest BCUT2D eigenvalue weighted by atomic mass is 19.1. The van der Waals surface area contributed by atoms with Crippen molar-refractivity contribution in [2.45, 2.75) is 39.5 Å². The van der Waals surface area contributed by atoms with Gasteiger partial charge in [-0.05, 0) is 50.1 Å². The summed E-state index contributed by atoms with van der Waals surface area (Å²) in [6.07, 6.45) is 5.25. The molecule has 0 spiro atoms. The minimum atomic E-state index is -0.412. The van der Waals surface area contributed by atoms with Crippen molar-refractivity contribution in [2.24, 2.45) is 7.05 Å². The molecule has 0 bridgehead atoms. The number of aryl methyl sites for hydroxylation is 2. The Morgan fingerprint density at radius 2 is 2.12 bits per heavy atom. The second-order valence-electron chi connectivity index (χ2n) is 8.42. The van der Waals surface area contributed by atoms with Gasteiger partial charge in [0.2, 0.25) is 5.95 Å². The van der Waals surface area contributed by atoms with E-state index in [1.165, 1.54) is 6.07 Å². The third kappa shape index (κ3) is 5.46. The number of halogens is 1. The third-order valence-electron chi connectivity index (χ3n) is 5.35. The minimum absolute atomic E-state index is 0.0830. The van der Waals surface area contributed by atoms with Gasteiger partial charge in [0.25, 0.3) is 0 Å². The van der Waals surface area contributed by atoms with Crippen molar-refractivity contribution in [1.29, 1.82) is 0 Å². The molecule has 3 aromatic rings. The molecule has 0 aliphatic carbocycles. The molecule has 0 saturated carbocycles. The molecule has 3 heterocycles. The van der Waals surface area contributed by atoms with Crippen molar-refractivity contribution < 1.29 is 13.9 Å². The average molecular weight is 454 g/mol. The first kappa shape index (κ1) is 22.7. The summed E-state index contributed by atoms with van der Waals surface area (Å²) in [5.74, 6) is -0.0617. The highest BCUT2D eigenvalue weighted by molar-refractivity contribution is 5.75. The molecule has 0 radical (unpaired) electrons. The maximum absolute atomic E-state index is 15.0. The number of hydrogen-bond donors (Lipinski definition) is 2. The number of carbonyl (C=O) groups excluding carboxylic acids is 1. The van der Waals surface area contributed by atoms with E-state index in [9.17, 15) is 9.18 Å². The third-order valence-corrected chi connectivity index (χ3v) is 5.35. The number of urea groups is 1. The Hall–Kier alpha value is -3.53. The summed E-state index contributed by atoms with van der Waals surface area (Å²) in [6.45, 7) is 7.22. The first-order valence-corrected chi connectivity index (χ1v) is 10.8. The molecule has 1 saturated heterocycles. The van der Waals surface area contributed by atoms with Gasteiger partial charge in [-0.15, -0.1) is 0 Å². The number of ether oxygens (including phenoxy) is 1. The Morgan fingerprint density at radius 1 is 1.33 bits per heavy atom. The quantitative estimate of drug-likeness (QED) is 0.569. The maximum atomic E-state index is 15.0. The zero-order valence-corrected chi connectivity index (χ0v) is 19.2. The van der Waals surface area contributed by atoms with Crippen LogP contribution in [0, 0.1) is 12.7 Å². The van der Waals surface area contributed by atoms with Crippen LogP contribution in [0.1, 0.15) is 25.0 Å². The van der Waals surface area contributed by atoms with Crippen LogP contribution in [0.2, 0.25) is 0 Å². The van der Waals surface area contributed by atoms with Crippen LogP contribution in [0.25, 0.3) is 11.3 Å². The van der Waals surface area contributed by atoms with Crippen LogP contribution in [0.4, 0.5) is 20.8 Å². The van der Waals surface area contributed by atoms with Crippen LogP contribution in [0.5, 0.6) is 0 Å². The van der Waals surface area contributed by atoms with Crippen molar-refractivity contribution >= 4 is 17.7 Å². The molecular weight excluding hydrogens is 425 g/mol. The summed E-state index contributed by atoms with van der Waals surface area (Å²) in [4.78, 5) is 22.7. The lowest BCUT2D eigenvalue weighted by Gasteiger charge is -2.39. The smallest absolute Gasteiger partial charge is 0.317 e. The minimum Gasteiger partial charge on any atom is -0.372 e. The van der Waals surface area contributed by atoms with Crippen LogP contribution in [-0.4, -0.2) is 56.0 Å². The van der Waals surface area contributed by atoms with Gasteiger partial charge in [0.05, 0.1) is 42.9 Å². The van der Waals surface area contributed by atoms with Crippen molar-refractivity contribution in [3.63, 3.8) is 0 Å². The number of likely N-dealkylation sites (tertiary alicyclic amines) is 1. The fourth-order valence-electron chi connectivity index (χ4n) is 3.65. The molecule has 10 heteroatoms. The molecule has 1 aliphatic heterocycles. The number of hydrogen-bond acceptors (Lipinski definition) is 6. The second-order valence-corrected chi connectivity index (χ2v) is 8.42. The maximum Gasteiger partial charge on any atom is 0.317 e. The number of aromatic nitrogens is 4. The molecule has 174 valence electrons. The van der Waals surface area contributed by atoms with Crippen molar-refractivity contribution in [3.05, 3.63) is 53.7 Å². The molecule has 4 rings (SSSR count). The lowest BCUT2D eigenvalue weighted by atomic mass is 10.0. The summed E-state index contributed by atoms with van der Waals surface area (Å²) in [6, 6.07) is 4.67. The lowest BCUT2D eigenvalue weighted by molar-refractivity contribution is -0.0641. The van der Waals surface area contributed by atoms with Crippen molar-refractivity contribution in [2.75, 3.05) is 18.4 Å². The average Bonchev–Trinajstić information content (AvgIpc) is 3.15. The molecule has 33 heavy (non-hydrogen) atoms. The number of amides is 2. The Balaban J connectivity index is 1.40. The van der Waals surface area contributed by atoms with E-state index >= 15 is 0 Å². The molecule has 2 aromatic heterocycles. The fraction of sp³-hybridized carbons (Fsp3) is 0.391. The SMILES string of the molecule is Cc1cc(-c2ccnc(Nc3cnn(C)c3)n2)c(F)cc1CNC(=O)N1CC(OC(C)C)C1. The number of nitrogens with zero attached hydrogens (tertiary/aromatic N) is 5. The zero-order valence-electron chi connectivity index (χ0n) is 19.2. The number of anilines is 2. The van der Waals surface area contributed by atoms with Gasteiger partial charge >= 0.3 is 6.03 Å². The molecule has 1 fully saturated rings. The Morgan fingerprint density at radius 3 is 2.82 bits per heavy atom. The van der Waals surface area contributed by atoms with Gasteiger partial charge in [-0.25, -0.2) is 19.2 Å². The summed E-state index contributed by atoms with van der Waals surface area (Å²) >= 11 is 0. The van der Waals surface area contributed by atoms with E-state index in [-0.39, 0.29) is 24.8 Å². The van der Waals surface area contributed by atoms with Crippen LogP contribution in [0.15, 0.2) is 36.8 Å². The fourth-order valence-corrected chi connectivity index (χ4v) is 3.65. The molecule has 9 nitrogen and oxygen atoms in total. The summed E-state index contributed by atoms with van der Waals surface area (Å²) < 4.78 is 22.3. The Bertz CT molecular complexity index is 1140. The Kier molecular flexibility index (Phi) is 6.55. The van der Waals surface area contributed by atoms with Gasteiger partial charge in [0.1, 0.15) is 5.82 Å². The first-order chi connectivity index (χ1) is 15.8. The standard InChI is InChI=1S/C23H28FN7O2/c1-14(2)33-18-12-31(13-18)23(32)26-9-16-8-20(24)19(7-15(16)3)21-5-6-25-22(29-21)28-17-10-27-30(4)11-17/h5-8,10-11,14,18H,9,12-13H2,1-4H3,(H,26,32)(H,25,28,29). The number of nitrogens with one attached hydrogen (secondary N) is 2. The van der Waals surface area contributed by atoms with Crippen molar-refractivity contribution in [3.8, 4) is 11.3 Å². The van der Waals surface area contributed by atoms with E-state index in [2.05, 4.69) is 25.7 Å². The monoisotopic (exact) mass is 453 g/mol. The molecule has 2 N–H and O–H groups in total. The molecule has 1 aromatic carbocycles. The number of carbonyl (C=O) groups is 1. The van der Waals surface area contributed by atoms with Gasteiger partial charge in [0, 0.05) is 31.5 Å². The van der Waals surface area contributed by atoms with E-state index in [0.29, 0.717) is 35.9 Å². The second kappa shape index (κ2) is 9.53. The van der Waals surface area contributed by atoms with Crippen molar-refractivity contribution in [1.82, 2.24) is 30.0 Å². The van der Waals surface area contributed by atoms with Gasteiger partial charge in [-0.1, -0.05) is 0 Å². The van der Waals surface area contributed by atoms with Crippen LogP contribution < -0.4 is 10.6 Å². The summed E-state index contributed by atoms with van der Waals surface area (Å²) in [7, 11) is 1.81. The highest BCUT2D eigenvalue weighted by Crippen LogP contribution is 2.26. The van der Waals surface area contributed by atoms with E-state index in [1.807, 2.05) is 27.8 Å². The van der Waals surface area contributed by atoms with Crippen LogP contribution >= 0.6 is 0 Å². The topological polar surface area (TPSA) is 97.2 Å². The van der Waals surface area contributed by atoms with Gasteiger partial charge < -0.3 is 20.3 Å². The zero-order chi connectivity index (χ0) is 23.5. The van der Waals surface area contributed by atoms with Gasteiger partial charge in [-0.3, -0.25) is 4.68 Å². The van der Waals surface area contributed by atoms with Crippen LogP contribution in [-0.2, 0) is 18.3 Å². The van der Waals surface area contributed by atoms with E-state index < -0.39 is 5.82 Å². The normalized spacial score (nSPS) is 13.8.